The zero-order chi connectivity index (χ0) is 15.6. The second kappa shape index (κ2) is 6.15. The molecule has 2 unspecified atom stereocenters. The number of likely N-dealkylation sites (N-methyl/N-ethyl adjacent to an activating group) is 1. The Labute approximate surface area is 120 Å². The third kappa shape index (κ3) is 3.34. The van der Waals surface area contributed by atoms with Crippen molar-refractivity contribution in [1.29, 1.82) is 0 Å². The van der Waals surface area contributed by atoms with E-state index in [1.165, 1.54) is 0 Å². The Morgan fingerprint density at radius 1 is 1.57 bits per heavy atom. The lowest BCUT2D eigenvalue weighted by atomic mass is 10.0. The topological polar surface area (TPSA) is 92.9 Å². The highest BCUT2D eigenvalue weighted by Gasteiger charge is 2.37. The van der Waals surface area contributed by atoms with Crippen molar-refractivity contribution in [2.75, 3.05) is 20.3 Å². The fraction of sp³-hybridized carbons (Fsp3) is 0.462. The lowest BCUT2D eigenvalue weighted by molar-refractivity contribution is -0.385. The van der Waals surface area contributed by atoms with E-state index < -0.39 is 28.7 Å². The minimum Gasteiger partial charge on any atom is -0.481 e. The predicted molar refractivity (Wildman–Crippen MR) is 70.3 cm³/mol. The number of hydrogen-bond acceptors (Lipinski definition) is 5. The van der Waals surface area contributed by atoms with Crippen LogP contribution >= 0.6 is 0 Å². The van der Waals surface area contributed by atoms with Gasteiger partial charge in [0.1, 0.15) is 5.82 Å². The lowest BCUT2D eigenvalue weighted by Gasteiger charge is -2.26. The van der Waals surface area contributed by atoms with Crippen molar-refractivity contribution in [3.63, 3.8) is 0 Å². The van der Waals surface area contributed by atoms with Gasteiger partial charge >= 0.3 is 5.97 Å². The van der Waals surface area contributed by atoms with Crippen LogP contribution in [0.1, 0.15) is 5.56 Å². The van der Waals surface area contributed by atoms with Crippen LogP contribution < -0.4 is 0 Å². The van der Waals surface area contributed by atoms with Crippen molar-refractivity contribution in [1.82, 2.24) is 4.90 Å². The average Bonchev–Trinajstić information content (AvgIpc) is 2.87. The van der Waals surface area contributed by atoms with E-state index in [2.05, 4.69) is 0 Å². The number of carbonyl (C=O) groups is 1. The number of ether oxygens (including phenoxy) is 1. The van der Waals surface area contributed by atoms with E-state index >= 15 is 0 Å². The summed E-state index contributed by atoms with van der Waals surface area (Å²) in [5.74, 6) is -2.23. The molecular formula is C13H15FN2O5. The zero-order valence-electron chi connectivity index (χ0n) is 11.4. The maximum atomic E-state index is 13.3. The summed E-state index contributed by atoms with van der Waals surface area (Å²) >= 11 is 0. The molecule has 2 rings (SSSR count). The molecule has 1 aliphatic heterocycles. The molecule has 7 nitrogen and oxygen atoms in total. The molecule has 1 aromatic rings. The number of benzene rings is 1. The molecule has 0 amide bonds. The Morgan fingerprint density at radius 3 is 2.90 bits per heavy atom. The van der Waals surface area contributed by atoms with E-state index in [9.17, 15) is 19.3 Å². The molecule has 0 aromatic heterocycles. The Kier molecular flexibility index (Phi) is 4.49. The lowest BCUT2D eigenvalue weighted by Crippen LogP contribution is -2.40. The molecule has 0 spiro atoms. The minimum absolute atomic E-state index is 0.0753. The van der Waals surface area contributed by atoms with Crippen molar-refractivity contribution in [3.8, 4) is 0 Å². The Morgan fingerprint density at radius 2 is 2.29 bits per heavy atom. The quantitative estimate of drug-likeness (QED) is 0.650. The van der Waals surface area contributed by atoms with Crippen LogP contribution in [0.5, 0.6) is 0 Å². The van der Waals surface area contributed by atoms with E-state index in [1.807, 2.05) is 0 Å². The van der Waals surface area contributed by atoms with E-state index in [0.717, 1.165) is 18.2 Å². The van der Waals surface area contributed by atoms with Crippen LogP contribution in [0.15, 0.2) is 18.2 Å². The number of aliphatic carboxylic acids is 1. The van der Waals surface area contributed by atoms with Gasteiger partial charge in [0, 0.05) is 24.2 Å². The summed E-state index contributed by atoms with van der Waals surface area (Å²) in [6.45, 7) is 0.415. The maximum absolute atomic E-state index is 13.3. The van der Waals surface area contributed by atoms with Crippen LogP contribution in [0, 0.1) is 21.8 Å². The summed E-state index contributed by atoms with van der Waals surface area (Å²) in [5, 5.41) is 20.1. The number of nitro groups is 1. The van der Waals surface area contributed by atoms with Crippen molar-refractivity contribution in [3.05, 3.63) is 39.7 Å². The summed E-state index contributed by atoms with van der Waals surface area (Å²) in [5.41, 5.74) is 0.0209. The summed E-state index contributed by atoms with van der Waals surface area (Å²) in [6, 6.07) is 2.84. The second-order valence-electron chi connectivity index (χ2n) is 4.99. The minimum atomic E-state index is -0.974. The van der Waals surface area contributed by atoms with Crippen LogP contribution in [0.2, 0.25) is 0 Å². The van der Waals surface area contributed by atoms with Gasteiger partial charge in [-0.15, -0.1) is 0 Å². The molecule has 0 aliphatic carbocycles. The van der Waals surface area contributed by atoms with Gasteiger partial charge in [0.25, 0.3) is 5.69 Å². The van der Waals surface area contributed by atoms with Gasteiger partial charge in [0.2, 0.25) is 0 Å². The van der Waals surface area contributed by atoms with Gasteiger partial charge in [-0.25, -0.2) is 4.39 Å². The fourth-order valence-corrected chi connectivity index (χ4v) is 2.46. The molecule has 1 heterocycles. The third-order valence-electron chi connectivity index (χ3n) is 3.59. The molecule has 2 atom stereocenters. The molecule has 1 fully saturated rings. The van der Waals surface area contributed by atoms with Crippen LogP contribution in [-0.2, 0) is 16.1 Å². The fourth-order valence-electron chi connectivity index (χ4n) is 2.46. The highest BCUT2D eigenvalue weighted by Crippen LogP contribution is 2.25. The monoisotopic (exact) mass is 298 g/mol. The number of carboxylic acid groups (broad SMARTS) is 1. The number of nitrogens with zero attached hydrogens (tertiary/aromatic N) is 2. The normalized spacial score (nSPS) is 21.7. The Bertz CT molecular complexity index is 565. The van der Waals surface area contributed by atoms with Crippen LogP contribution in [0.25, 0.3) is 0 Å². The second-order valence-corrected chi connectivity index (χ2v) is 4.99. The molecule has 1 saturated heterocycles. The molecule has 1 aliphatic rings. The van der Waals surface area contributed by atoms with E-state index in [1.54, 1.807) is 11.9 Å². The standard InChI is InChI=1S/C13H15FN2O5/c1-15(12-7-21-6-10(12)13(17)18)5-8-4-9(14)2-3-11(8)16(19)20/h2-4,10,12H,5-7H2,1H3,(H,17,18). The first-order valence-electron chi connectivity index (χ1n) is 6.33. The summed E-state index contributed by atoms with van der Waals surface area (Å²) in [6.07, 6.45) is 0. The molecule has 1 aromatic carbocycles. The van der Waals surface area contributed by atoms with Gasteiger partial charge in [-0.05, 0) is 19.2 Å². The van der Waals surface area contributed by atoms with Gasteiger partial charge in [0.05, 0.1) is 24.1 Å². The third-order valence-corrected chi connectivity index (χ3v) is 3.59. The van der Waals surface area contributed by atoms with Crippen molar-refractivity contribution in [2.24, 2.45) is 5.92 Å². The molecule has 0 radical (unpaired) electrons. The van der Waals surface area contributed by atoms with Crippen LogP contribution in [0.3, 0.4) is 0 Å². The molecule has 1 N–H and O–H groups in total. The smallest absolute Gasteiger partial charge is 0.310 e. The van der Waals surface area contributed by atoms with E-state index in [0.29, 0.717) is 0 Å². The SMILES string of the molecule is CN(Cc1cc(F)ccc1[N+](=O)[O-])C1COCC1C(=O)O. The maximum Gasteiger partial charge on any atom is 0.310 e. The number of halogens is 1. The summed E-state index contributed by atoms with van der Waals surface area (Å²) < 4.78 is 18.4. The number of hydrogen-bond donors (Lipinski definition) is 1. The largest absolute Gasteiger partial charge is 0.481 e. The van der Waals surface area contributed by atoms with E-state index in [-0.39, 0.29) is 31.0 Å². The first-order valence-corrected chi connectivity index (χ1v) is 6.33. The highest BCUT2D eigenvalue weighted by atomic mass is 19.1. The van der Waals surface area contributed by atoms with Gasteiger partial charge in [-0.1, -0.05) is 0 Å². The van der Waals surface area contributed by atoms with Gasteiger partial charge in [-0.3, -0.25) is 19.8 Å². The molecular weight excluding hydrogens is 283 g/mol. The Balaban J connectivity index is 2.19. The zero-order valence-corrected chi connectivity index (χ0v) is 11.4. The molecule has 114 valence electrons. The molecule has 8 heteroatoms. The van der Waals surface area contributed by atoms with Crippen molar-refractivity contribution < 1.29 is 24.0 Å². The molecule has 0 saturated carbocycles. The van der Waals surface area contributed by atoms with Crippen molar-refractivity contribution in [2.45, 2.75) is 12.6 Å². The first kappa shape index (κ1) is 15.3. The summed E-state index contributed by atoms with van der Waals surface area (Å²) in [4.78, 5) is 23.1. The van der Waals surface area contributed by atoms with Crippen LogP contribution in [0.4, 0.5) is 10.1 Å². The first-order chi connectivity index (χ1) is 9.90. The molecule has 0 bridgehead atoms. The number of rotatable bonds is 5. The molecule has 21 heavy (non-hydrogen) atoms. The van der Waals surface area contributed by atoms with E-state index in [4.69, 9.17) is 9.84 Å². The van der Waals surface area contributed by atoms with Gasteiger partial charge in [0.15, 0.2) is 0 Å². The van der Waals surface area contributed by atoms with Gasteiger partial charge < -0.3 is 9.84 Å². The van der Waals surface area contributed by atoms with Crippen LogP contribution in [-0.4, -0.2) is 47.2 Å². The average molecular weight is 298 g/mol. The predicted octanol–water partition coefficient (Wildman–Crippen LogP) is 1.27. The van der Waals surface area contributed by atoms with Gasteiger partial charge in [-0.2, -0.15) is 0 Å². The Hall–Kier alpha value is -2.06. The summed E-state index contributed by atoms with van der Waals surface area (Å²) in [7, 11) is 1.64. The van der Waals surface area contributed by atoms with Crippen molar-refractivity contribution >= 4 is 11.7 Å². The number of nitro benzene ring substituents is 1. The highest BCUT2D eigenvalue weighted by molar-refractivity contribution is 5.71. The number of carboxylic acids is 1.